The fraction of sp³-hybridized carbons (Fsp3) is 0.647. The van der Waals surface area contributed by atoms with Crippen molar-refractivity contribution in [3.8, 4) is 11.5 Å². The van der Waals surface area contributed by atoms with Crippen molar-refractivity contribution in [2.24, 2.45) is 5.73 Å². The maximum Gasteiger partial charge on any atom is 0.161 e. The van der Waals surface area contributed by atoms with Gasteiger partial charge in [0.05, 0.1) is 11.6 Å². The summed E-state index contributed by atoms with van der Waals surface area (Å²) in [6.07, 6.45) is 6.98. The first-order chi connectivity index (χ1) is 10.2. The van der Waals surface area contributed by atoms with Gasteiger partial charge < -0.3 is 19.9 Å². The first-order valence-corrected chi connectivity index (χ1v) is 7.95. The maximum absolute atomic E-state index is 6.60. The summed E-state index contributed by atoms with van der Waals surface area (Å²) < 4.78 is 17.2. The number of hydrogen-bond donors (Lipinski definition) is 1. The van der Waals surface area contributed by atoms with Crippen LogP contribution < -0.4 is 15.2 Å². The van der Waals surface area contributed by atoms with Crippen molar-refractivity contribution in [2.45, 2.75) is 50.2 Å². The fourth-order valence-corrected chi connectivity index (χ4v) is 3.53. The topological polar surface area (TPSA) is 53.7 Å². The molecule has 116 valence electrons. The van der Waals surface area contributed by atoms with Crippen LogP contribution in [0.15, 0.2) is 18.2 Å². The fourth-order valence-electron chi connectivity index (χ4n) is 3.53. The van der Waals surface area contributed by atoms with E-state index in [1.807, 2.05) is 18.2 Å². The molecule has 2 aliphatic rings. The van der Waals surface area contributed by atoms with Crippen LogP contribution in [-0.2, 0) is 4.74 Å². The van der Waals surface area contributed by atoms with E-state index in [-0.39, 0.29) is 11.6 Å². The smallest absolute Gasteiger partial charge is 0.161 e. The highest BCUT2D eigenvalue weighted by Crippen LogP contribution is 2.41. The van der Waals surface area contributed by atoms with E-state index in [4.69, 9.17) is 19.9 Å². The molecule has 0 radical (unpaired) electrons. The van der Waals surface area contributed by atoms with Crippen molar-refractivity contribution in [3.05, 3.63) is 23.8 Å². The minimum absolute atomic E-state index is 0.128. The second kappa shape index (κ2) is 6.24. The monoisotopic (exact) mass is 291 g/mol. The quantitative estimate of drug-likeness (QED) is 0.869. The molecule has 4 nitrogen and oxygen atoms in total. The zero-order valence-electron chi connectivity index (χ0n) is 12.8. The van der Waals surface area contributed by atoms with Crippen molar-refractivity contribution in [3.63, 3.8) is 0 Å². The third-order valence-corrected chi connectivity index (χ3v) is 4.85. The molecule has 0 saturated heterocycles. The molecule has 4 heteroatoms. The molecule has 0 aromatic heterocycles. The highest BCUT2D eigenvalue weighted by molar-refractivity contribution is 5.45. The lowest BCUT2D eigenvalue weighted by molar-refractivity contribution is -0.0442. The van der Waals surface area contributed by atoms with Crippen LogP contribution in [-0.4, -0.2) is 25.9 Å². The Bertz CT molecular complexity index is 481. The zero-order chi connectivity index (χ0) is 14.7. The Kier molecular flexibility index (Phi) is 4.36. The summed E-state index contributed by atoms with van der Waals surface area (Å²) >= 11 is 0. The van der Waals surface area contributed by atoms with Gasteiger partial charge in [0, 0.05) is 7.11 Å². The Labute approximate surface area is 126 Å². The molecule has 0 spiro atoms. The van der Waals surface area contributed by atoms with Gasteiger partial charge >= 0.3 is 0 Å². The van der Waals surface area contributed by atoms with Crippen molar-refractivity contribution < 1.29 is 14.2 Å². The Hall–Kier alpha value is -1.26. The molecule has 1 aliphatic heterocycles. The highest BCUT2D eigenvalue weighted by Gasteiger charge is 2.38. The predicted molar refractivity (Wildman–Crippen MR) is 81.8 cm³/mol. The van der Waals surface area contributed by atoms with Gasteiger partial charge in [0.25, 0.3) is 0 Å². The molecule has 21 heavy (non-hydrogen) atoms. The van der Waals surface area contributed by atoms with Gasteiger partial charge in [0.15, 0.2) is 11.5 Å². The molecule has 0 amide bonds. The number of methoxy groups -OCH3 is 1. The number of benzene rings is 1. The molecule has 1 fully saturated rings. The summed E-state index contributed by atoms with van der Waals surface area (Å²) in [5.74, 6) is 1.61. The molecule has 1 aromatic carbocycles. The van der Waals surface area contributed by atoms with E-state index in [0.717, 1.165) is 29.9 Å². The second-order valence-electron chi connectivity index (χ2n) is 6.06. The van der Waals surface area contributed by atoms with Crippen molar-refractivity contribution in [1.82, 2.24) is 0 Å². The minimum Gasteiger partial charge on any atom is -0.486 e. The van der Waals surface area contributed by atoms with Gasteiger partial charge in [0.1, 0.15) is 13.2 Å². The molecule has 1 atom stereocenters. The van der Waals surface area contributed by atoms with Crippen LogP contribution in [0.25, 0.3) is 0 Å². The molecule has 2 N–H and O–H groups in total. The maximum atomic E-state index is 6.60. The van der Waals surface area contributed by atoms with Crippen molar-refractivity contribution in [2.75, 3.05) is 20.3 Å². The second-order valence-corrected chi connectivity index (χ2v) is 6.06. The van der Waals surface area contributed by atoms with Gasteiger partial charge in [-0.25, -0.2) is 0 Å². The van der Waals surface area contributed by atoms with Gasteiger partial charge in [-0.1, -0.05) is 31.7 Å². The van der Waals surface area contributed by atoms with Crippen LogP contribution in [0.1, 0.15) is 50.1 Å². The number of hydrogen-bond acceptors (Lipinski definition) is 4. The number of fused-ring (bicyclic) bond motifs is 1. The molecule has 1 aliphatic carbocycles. The van der Waals surface area contributed by atoms with Crippen LogP contribution in [0.4, 0.5) is 0 Å². The van der Waals surface area contributed by atoms with Crippen molar-refractivity contribution >= 4 is 0 Å². The average Bonchev–Trinajstić information content (AvgIpc) is 2.80. The normalized spacial score (nSPS) is 22.4. The van der Waals surface area contributed by atoms with E-state index < -0.39 is 0 Å². The summed E-state index contributed by atoms with van der Waals surface area (Å²) in [5.41, 5.74) is 7.42. The molecular formula is C17H25NO3. The van der Waals surface area contributed by atoms with E-state index >= 15 is 0 Å². The highest BCUT2D eigenvalue weighted by atomic mass is 16.6. The van der Waals surface area contributed by atoms with E-state index in [1.165, 1.54) is 25.7 Å². The third kappa shape index (κ3) is 2.87. The van der Waals surface area contributed by atoms with Crippen LogP contribution >= 0.6 is 0 Å². The van der Waals surface area contributed by atoms with Crippen LogP contribution in [0.2, 0.25) is 0 Å². The largest absolute Gasteiger partial charge is 0.486 e. The summed E-state index contributed by atoms with van der Waals surface area (Å²) in [7, 11) is 1.79. The first kappa shape index (κ1) is 14.7. The van der Waals surface area contributed by atoms with Crippen molar-refractivity contribution in [1.29, 1.82) is 0 Å². The lowest BCUT2D eigenvalue weighted by Gasteiger charge is -2.37. The van der Waals surface area contributed by atoms with Gasteiger partial charge in [-0.3, -0.25) is 0 Å². The van der Waals surface area contributed by atoms with E-state index in [9.17, 15) is 0 Å². The summed E-state index contributed by atoms with van der Waals surface area (Å²) in [4.78, 5) is 0. The first-order valence-electron chi connectivity index (χ1n) is 7.95. The summed E-state index contributed by atoms with van der Waals surface area (Å²) in [5, 5.41) is 0. The molecule has 1 unspecified atom stereocenters. The molecule has 1 aromatic rings. The van der Waals surface area contributed by atoms with E-state index in [2.05, 4.69) is 0 Å². The number of ether oxygens (including phenoxy) is 3. The Morgan fingerprint density at radius 1 is 1.05 bits per heavy atom. The summed E-state index contributed by atoms with van der Waals surface area (Å²) in [6, 6.07) is 5.90. The Morgan fingerprint density at radius 3 is 2.38 bits per heavy atom. The Balaban J connectivity index is 1.87. The average molecular weight is 291 g/mol. The third-order valence-electron chi connectivity index (χ3n) is 4.85. The number of nitrogens with two attached hydrogens (primary N) is 1. The molecular weight excluding hydrogens is 266 g/mol. The standard InChI is InChI=1S/C17H25NO3/c1-19-17(8-4-2-3-5-9-17)16(18)13-6-7-14-15(12-13)21-11-10-20-14/h6-7,12,16H,2-5,8-11,18H2,1H3. The van der Waals surface area contributed by atoms with E-state index in [1.54, 1.807) is 7.11 Å². The lowest BCUT2D eigenvalue weighted by atomic mass is 9.82. The predicted octanol–water partition coefficient (Wildman–Crippen LogP) is 3.20. The summed E-state index contributed by atoms with van der Waals surface area (Å²) in [6.45, 7) is 1.21. The Morgan fingerprint density at radius 2 is 1.71 bits per heavy atom. The zero-order valence-corrected chi connectivity index (χ0v) is 12.8. The van der Waals surface area contributed by atoms with Gasteiger partial charge in [-0.05, 0) is 30.5 Å². The van der Waals surface area contributed by atoms with Gasteiger partial charge in [0.2, 0.25) is 0 Å². The number of rotatable bonds is 3. The molecule has 1 saturated carbocycles. The van der Waals surface area contributed by atoms with Crippen LogP contribution in [0.5, 0.6) is 11.5 Å². The van der Waals surface area contributed by atoms with Crippen LogP contribution in [0.3, 0.4) is 0 Å². The van der Waals surface area contributed by atoms with Gasteiger partial charge in [-0.15, -0.1) is 0 Å². The lowest BCUT2D eigenvalue weighted by Crippen LogP contribution is -2.42. The van der Waals surface area contributed by atoms with Gasteiger partial charge in [-0.2, -0.15) is 0 Å². The molecule has 1 heterocycles. The van der Waals surface area contributed by atoms with E-state index in [0.29, 0.717) is 13.2 Å². The van der Waals surface area contributed by atoms with Crippen LogP contribution in [0, 0.1) is 0 Å². The minimum atomic E-state index is -0.250. The molecule has 3 rings (SSSR count). The molecule has 0 bridgehead atoms. The SMILES string of the molecule is COC1(C(N)c2ccc3c(c2)OCCO3)CCCCCC1.